The van der Waals surface area contributed by atoms with Gasteiger partial charge in [-0.3, -0.25) is 4.68 Å². The third-order valence-electron chi connectivity index (χ3n) is 3.30. The number of sulfonamides is 1. The first-order valence-corrected chi connectivity index (χ1v) is 8.51. The van der Waals surface area contributed by atoms with E-state index < -0.39 is 10.0 Å². The van der Waals surface area contributed by atoms with Crippen molar-refractivity contribution in [1.82, 2.24) is 9.78 Å². The molecule has 19 heavy (non-hydrogen) atoms. The van der Waals surface area contributed by atoms with E-state index in [1.54, 1.807) is 0 Å². The van der Waals surface area contributed by atoms with E-state index in [4.69, 9.17) is 5.14 Å². The molecule has 1 aromatic rings. The van der Waals surface area contributed by atoms with E-state index in [-0.39, 0.29) is 4.90 Å². The quantitative estimate of drug-likeness (QED) is 0.834. The second-order valence-corrected chi connectivity index (χ2v) is 6.55. The van der Waals surface area contributed by atoms with E-state index in [2.05, 4.69) is 18.9 Å². The van der Waals surface area contributed by atoms with Gasteiger partial charge in [-0.15, -0.1) is 0 Å². The van der Waals surface area contributed by atoms with Crippen molar-refractivity contribution in [1.29, 1.82) is 0 Å². The first-order valence-electron chi connectivity index (χ1n) is 6.96. The van der Waals surface area contributed by atoms with Gasteiger partial charge in [0, 0.05) is 6.54 Å². The SMILES string of the molecule is CCCC(C)Cn1nc(CC)c(S(N)(=O)=O)c1CC. The first-order chi connectivity index (χ1) is 8.85. The van der Waals surface area contributed by atoms with Gasteiger partial charge < -0.3 is 0 Å². The highest BCUT2D eigenvalue weighted by Crippen LogP contribution is 2.22. The van der Waals surface area contributed by atoms with Crippen LogP contribution in [-0.4, -0.2) is 18.2 Å². The topological polar surface area (TPSA) is 78.0 Å². The highest BCUT2D eigenvalue weighted by atomic mass is 32.2. The summed E-state index contributed by atoms with van der Waals surface area (Å²) in [7, 11) is -3.70. The highest BCUT2D eigenvalue weighted by Gasteiger charge is 2.24. The van der Waals surface area contributed by atoms with Crippen LogP contribution in [0, 0.1) is 5.92 Å². The van der Waals surface area contributed by atoms with Crippen molar-refractivity contribution in [2.24, 2.45) is 11.1 Å². The molecule has 5 nitrogen and oxygen atoms in total. The molecule has 0 spiro atoms. The summed E-state index contributed by atoms with van der Waals surface area (Å²) in [6.07, 6.45) is 3.42. The van der Waals surface area contributed by atoms with E-state index >= 15 is 0 Å². The van der Waals surface area contributed by atoms with Crippen molar-refractivity contribution >= 4 is 10.0 Å². The zero-order valence-corrected chi connectivity index (χ0v) is 13.1. The molecule has 0 saturated heterocycles. The fraction of sp³-hybridized carbons (Fsp3) is 0.769. The lowest BCUT2D eigenvalue weighted by molar-refractivity contribution is 0.410. The van der Waals surface area contributed by atoms with Crippen LogP contribution in [0.15, 0.2) is 4.90 Å². The lowest BCUT2D eigenvalue weighted by atomic mass is 10.1. The van der Waals surface area contributed by atoms with Crippen LogP contribution >= 0.6 is 0 Å². The summed E-state index contributed by atoms with van der Waals surface area (Å²) in [6.45, 7) is 8.89. The average Bonchev–Trinajstić information content (AvgIpc) is 2.66. The lowest BCUT2D eigenvalue weighted by Crippen LogP contribution is -2.17. The number of nitrogens with zero attached hydrogens (tertiary/aromatic N) is 2. The molecular formula is C13H25N3O2S. The van der Waals surface area contributed by atoms with Gasteiger partial charge in [0.15, 0.2) is 0 Å². The molecule has 0 aromatic carbocycles. The molecule has 0 fully saturated rings. The molecule has 110 valence electrons. The number of hydrogen-bond acceptors (Lipinski definition) is 3. The van der Waals surface area contributed by atoms with Gasteiger partial charge in [-0.25, -0.2) is 13.6 Å². The van der Waals surface area contributed by atoms with Crippen LogP contribution in [0.25, 0.3) is 0 Å². The Hall–Kier alpha value is -0.880. The van der Waals surface area contributed by atoms with Gasteiger partial charge in [0.05, 0.1) is 11.4 Å². The Morgan fingerprint density at radius 2 is 1.89 bits per heavy atom. The van der Waals surface area contributed by atoms with E-state index in [0.717, 1.165) is 25.1 Å². The molecule has 0 aliphatic rings. The fourth-order valence-electron chi connectivity index (χ4n) is 2.47. The number of primary sulfonamides is 1. The average molecular weight is 287 g/mol. The van der Waals surface area contributed by atoms with Gasteiger partial charge >= 0.3 is 0 Å². The molecular weight excluding hydrogens is 262 g/mol. The molecule has 1 heterocycles. The second-order valence-electron chi connectivity index (χ2n) is 5.05. The van der Waals surface area contributed by atoms with Gasteiger partial charge in [0.25, 0.3) is 0 Å². The molecule has 1 rings (SSSR count). The van der Waals surface area contributed by atoms with Crippen LogP contribution < -0.4 is 5.14 Å². The van der Waals surface area contributed by atoms with Crippen LogP contribution in [0.5, 0.6) is 0 Å². The zero-order chi connectivity index (χ0) is 14.6. The Morgan fingerprint density at radius 1 is 1.26 bits per heavy atom. The van der Waals surface area contributed by atoms with Crippen molar-refractivity contribution in [3.8, 4) is 0 Å². The monoisotopic (exact) mass is 287 g/mol. The fourth-order valence-corrected chi connectivity index (χ4v) is 3.56. The normalized spacial score (nSPS) is 13.7. The molecule has 0 radical (unpaired) electrons. The smallest absolute Gasteiger partial charge is 0.241 e. The number of aryl methyl sites for hydroxylation is 1. The molecule has 1 unspecified atom stereocenters. The standard InChI is InChI=1S/C13H25N3O2S/c1-5-8-10(4)9-16-12(7-3)13(19(14,17)18)11(6-2)15-16/h10H,5-9H2,1-4H3,(H2,14,17,18). The minimum Gasteiger partial charge on any atom is -0.268 e. The number of hydrogen-bond donors (Lipinski definition) is 1. The second kappa shape index (κ2) is 6.52. The first kappa shape index (κ1) is 16.2. The van der Waals surface area contributed by atoms with Gasteiger partial charge in [0.1, 0.15) is 4.90 Å². The summed E-state index contributed by atoms with van der Waals surface area (Å²) < 4.78 is 25.3. The van der Waals surface area contributed by atoms with Gasteiger partial charge in [-0.05, 0) is 25.2 Å². The molecule has 6 heteroatoms. The number of nitrogens with two attached hydrogens (primary N) is 1. The van der Waals surface area contributed by atoms with E-state index in [0.29, 0.717) is 24.5 Å². The maximum absolute atomic E-state index is 11.7. The van der Waals surface area contributed by atoms with Crippen molar-refractivity contribution in [2.45, 2.75) is 64.8 Å². The Kier molecular flexibility index (Phi) is 5.55. The maximum Gasteiger partial charge on any atom is 0.241 e. The predicted molar refractivity (Wildman–Crippen MR) is 76.4 cm³/mol. The van der Waals surface area contributed by atoms with E-state index in [1.165, 1.54) is 0 Å². The third kappa shape index (κ3) is 3.79. The Bertz CT molecular complexity index is 520. The van der Waals surface area contributed by atoms with E-state index in [9.17, 15) is 8.42 Å². The van der Waals surface area contributed by atoms with Crippen LogP contribution in [0.1, 0.15) is 51.9 Å². The minimum absolute atomic E-state index is 0.237. The number of rotatable bonds is 7. The summed E-state index contributed by atoms with van der Waals surface area (Å²) in [5.41, 5.74) is 1.32. The summed E-state index contributed by atoms with van der Waals surface area (Å²) >= 11 is 0. The van der Waals surface area contributed by atoms with Gasteiger partial charge in [0.2, 0.25) is 10.0 Å². The Morgan fingerprint density at radius 3 is 2.32 bits per heavy atom. The summed E-state index contributed by atoms with van der Waals surface area (Å²) in [5, 5.41) is 9.78. The van der Waals surface area contributed by atoms with Crippen molar-refractivity contribution in [3.05, 3.63) is 11.4 Å². The highest BCUT2D eigenvalue weighted by molar-refractivity contribution is 7.89. The molecule has 1 aromatic heterocycles. The summed E-state index contributed by atoms with van der Waals surface area (Å²) in [5.74, 6) is 0.480. The van der Waals surface area contributed by atoms with Gasteiger partial charge in [-0.1, -0.05) is 34.1 Å². The minimum atomic E-state index is -3.70. The summed E-state index contributed by atoms with van der Waals surface area (Å²) in [6, 6.07) is 0. The third-order valence-corrected chi connectivity index (χ3v) is 4.34. The van der Waals surface area contributed by atoms with Crippen LogP contribution in [0.3, 0.4) is 0 Å². The molecule has 1 atom stereocenters. The van der Waals surface area contributed by atoms with E-state index in [1.807, 2.05) is 18.5 Å². The molecule has 2 N–H and O–H groups in total. The molecule has 0 bridgehead atoms. The Balaban J connectivity index is 3.23. The summed E-state index contributed by atoms with van der Waals surface area (Å²) in [4.78, 5) is 0.237. The van der Waals surface area contributed by atoms with Crippen molar-refractivity contribution < 1.29 is 8.42 Å². The van der Waals surface area contributed by atoms with Crippen LogP contribution in [0.4, 0.5) is 0 Å². The molecule has 0 aliphatic carbocycles. The molecule has 0 amide bonds. The Labute approximate surface area is 116 Å². The van der Waals surface area contributed by atoms with Crippen molar-refractivity contribution in [2.75, 3.05) is 0 Å². The number of aromatic nitrogens is 2. The van der Waals surface area contributed by atoms with Crippen LogP contribution in [-0.2, 0) is 29.4 Å². The zero-order valence-electron chi connectivity index (χ0n) is 12.3. The predicted octanol–water partition coefficient (Wildman–Crippen LogP) is 2.09. The van der Waals surface area contributed by atoms with Gasteiger partial charge in [-0.2, -0.15) is 5.10 Å². The molecule has 0 aliphatic heterocycles. The van der Waals surface area contributed by atoms with Crippen LogP contribution in [0.2, 0.25) is 0 Å². The van der Waals surface area contributed by atoms with Crippen molar-refractivity contribution in [3.63, 3.8) is 0 Å². The molecule has 0 saturated carbocycles. The maximum atomic E-state index is 11.7. The lowest BCUT2D eigenvalue weighted by Gasteiger charge is -2.12. The largest absolute Gasteiger partial charge is 0.268 e.